The van der Waals surface area contributed by atoms with E-state index in [4.69, 9.17) is 16.3 Å². The number of benzene rings is 3. The topological polar surface area (TPSA) is 58.6 Å². The highest BCUT2D eigenvalue weighted by Crippen LogP contribution is 2.21. The standard InChI is InChI=1S/C30H35ClN2O3/c1-3-23(2)32-30(35)28(21-24-13-6-4-7-14-24)33(22-25-15-10-11-18-27(25)31)29(34)19-12-20-36-26-16-8-5-9-17-26/h4-11,13-18,23,28H,3,12,19-22H2,1-2H3,(H,32,35)/t23-,28+/m0/s1. The van der Waals surface area contributed by atoms with E-state index in [1.807, 2.05) is 92.7 Å². The molecule has 2 amide bonds. The SMILES string of the molecule is CC[C@H](C)NC(=O)[C@@H](Cc1ccccc1)N(Cc1ccccc1Cl)C(=O)CCCOc1ccccc1. The third-order valence-electron chi connectivity index (χ3n) is 6.12. The van der Waals surface area contributed by atoms with Crippen LogP contribution in [-0.2, 0) is 22.6 Å². The van der Waals surface area contributed by atoms with Crippen LogP contribution < -0.4 is 10.1 Å². The van der Waals surface area contributed by atoms with E-state index in [1.54, 1.807) is 11.0 Å². The van der Waals surface area contributed by atoms with Gasteiger partial charge in [0.1, 0.15) is 11.8 Å². The van der Waals surface area contributed by atoms with Gasteiger partial charge in [-0.2, -0.15) is 0 Å². The zero-order valence-electron chi connectivity index (χ0n) is 21.0. The first kappa shape index (κ1) is 27.3. The molecule has 0 radical (unpaired) electrons. The molecule has 0 aromatic heterocycles. The molecule has 6 heteroatoms. The first-order chi connectivity index (χ1) is 17.5. The lowest BCUT2D eigenvalue weighted by atomic mass is 10.0. The lowest BCUT2D eigenvalue weighted by molar-refractivity contribution is -0.141. The minimum absolute atomic E-state index is 0.00677. The molecule has 1 N–H and O–H groups in total. The maximum Gasteiger partial charge on any atom is 0.243 e. The monoisotopic (exact) mass is 506 g/mol. The second kappa shape index (κ2) is 14.3. The first-order valence-corrected chi connectivity index (χ1v) is 12.9. The van der Waals surface area contributed by atoms with Gasteiger partial charge >= 0.3 is 0 Å². The molecule has 0 saturated heterocycles. The van der Waals surface area contributed by atoms with Crippen LogP contribution in [0.5, 0.6) is 5.75 Å². The number of carbonyl (C=O) groups is 2. The number of nitrogens with zero attached hydrogens (tertiary/aromatic N) is 1. The number of para-hydroxylation sites is 1. The normalized spacial score (nSPS) is 12.4. The summed E-state index contributed by atoms with van der Waals surface area (Å²) in [5.74, 6) is 0.508. The van der Waals surface area contributed by atoms with Crippen LogP contribution in [0.25, 0.3) is 0 Å². The molecule has 0 aliphatic carbocycles. The van der Waals surface area contributed by atoms with Gasteiger partial charge in [0, 0.05) is 30.5 Å². The van der Waals surface area contributed by atoms with Gasteiger partial charge in [0.25, 0.3) is 0 Å². The fourth-order valence-corrected chi connectivity index (χ4v) is 4.07. The number of carbonyl (C=O) groups excluding carboxylic acids is 2. The van der Waals surface area contributed by atoms with E-state index in [0.717, 1.165) is 23.3 Å². The van der Waals surface area contributed by atoms with Crippen LogP contribution in [-0.4, -0.2) is 35.4 Å². The molecule has 0 aliphatic rings. The minimum Gasteiger partial charge on any atom is -0.494 e. The number of halogens is 1. The summed E-state index contributed by atoms with van der Waals surface area (Å²) in [6.45, 7) is 4.66. The Morgan fingerprint density at radius 2 is 1.58 bits per heavy atom. The summed E-state index contributed by atoms with van der Waals surface area (Å²) < 4.78 is 5.77. The summed E-state index contributed by atoms with van der Waals surface area (Å²) >= 11 is 6.46. The Hall–Kier alpha value is -3.31. The van der Waals surface area contributed by atoms with Crippen molar-refractivity contribution in [3.8, 4) is 5.75 Å². The highest BCUT2D eigenvalue weighted by Gasteiger charge is 2.31. The number of hydrogen-bond acceptors (Lipinski definition) is 3. The summed E-state index contributed by atoms with van der Waals surface area (Å²) in [5.41, 5.74) is 1.80. The average molecular weight is 507 g/mol. The van der Waals surface area contributed by atoms with Crippen LogP contribution in [0, 0.1) is 0 Å². The van der Waals surface area contributed by atoms with Crippen molar-refractivity contribution in [1.82, 2.24) is 10.2 Å². The molecular formula is C30H35ClN2O3. The third-order valence-corrected chi connectivity index (χ3v) is 6.49. The zero-order valence-corrected chi connectivity index (χ0v) is 21.8. The van der Waals surface area contributed by atoms with Crippen molar-refractivity contribution < 1.29 is 14.3 Å². The zero-order chi connectivity index (χ0) is 25.8. The van der Waals surface area contributed by atoms with Gasteiger partial charge in [-0.05, 0) is 49.1 Å². The van der Waals surface area contributed by atoms with Crippen molar-refractivity contribution in [2.24, 2.45) is 0 Å². The Bertz CT molecular complexity index is 1090. The molecule has 5 nitrogen and oxygen atoms in total. The van der Waals surface area contributed by atoms with Crippen LogP contribution >= 0.6 is 11.6 Å². The van der Waals surface area contributed by atoms with E-state index in [9.17, 15) is 9.59 Å². The van der Waals surface area contributed by atoms with Gasteiger partial charge in [0.2, 0.25) is 11.8 Å². The summed E-state index contributed by atoms with van der Waals surface area (Å²) in [5, 5.41) is 3.66. The van der Waals surface area contributed by atoms with Gasteiger partial charge < -0.3 is 15.0 Å². The largest absolute Gasteiger partial charge is 0.494 e. The van der Waals surface area contributed by atoms with Crippen molar-refractivity contribution in [3.05, 3.63) is 101 Å². The third kappa shape index (κ3) is 8.42. The molecule has 0 fully saturated rings. The molecule has 3 aromatic rings. The molecule has 0 bridgehead atoms. The number of nitrogens with one attached hydrogen (secondary N) is 1. The predicted molar refractivity (Wildman–Crippen MR) is 145 cm³/mol. The molecule has 0 unspecified atom stereocenters. The van der Waals surface area contributed by atoms with Gasteiger partial charge in [-0.25, -0.2) is 0 Å². The van der Waals surface area contributed by atoms with Gasteiger partial charge in [-0.1, -0.05) is 85.3 Å². The molecule has 0 spiro atoms. The van der Waals surface area contributed by atoms with Crippen LogP contribution in [0.1, 0.15) is 44.2 Å². The highest BCUT2D eigenvalue weighted by atomic mass is 35.5. The molecular weight excluding hydrogens is 472 g/mol. The second-order valence-corrected chi connectivity index (χ2v) is 9.31. The van der Waals surface area contributed by atoms with Crippen molar-refractivity contribution >= 4 is 23.4 Å². The molecule has 0 heterocycles. The summed E-state index contributed by atoms with van der Waals surface area (Å²) in [4.78, 5) is 28.8. The highest BCUT2D eigenvalue weighted by molar-refractivity contribution is 6.31. The number of rotatable bonds is 13. The van der Waals surface area contributed by atoms with E-state index < -0.39 is 6.04 Å². The molecule has 0 saturated carbocycles. The van der Waals surface area contributed by atoms with E-state index in [1.165, 1.54) is 0 Å². The number of amides is 2. The van der Waals surface area contributed by atoms with Crippen molar-refractivity contribution in [2.45, 2.75) is 58.2 Å². The van der Waals surface area contributed by atoms with Crippen LogP contribution in [0.4, 0.5) is 0 Å². The molecule has 2 atom stereocenters. The molecule has 3 rings (SSSR count). The van der Waals surface area contributed by atoms with Crippen molar-refractivity contribution in [1.29, 1.82) is 0 Å². The summed E-state index contributed by atoms with van der Waals surface area (Å²) in [6, 6.07) is 26.1. The van der Waals surface area contributed by atoms with Gasteiger partial charge in [0.05, 0.1) is 6.61 Å². The van der Waals surface area contributed by atoms with Crippen molar-refractivity contribution in [3.63, 3.8) is 0 Å². The summed E-state index contributed by atoms with van der Waals surface area (Å²) in [7, 11) is 0. The number of ether oxygens (including phenoxy) is 1. The lowest BCUT2D eigenvalue weighted by Crippen LogP contribution is -2.52. The second-order valence-electron chi connectivity index (χ2n) is 8.90. The van der Waals surface area contributed by atoms with Gasteiger partial charge in [-0.3, -0.25) is 9.59 Å². The fraction of sp³-hybridized carbons (Fsp3) is 0.333. The van der Waals surface area contributed by atoms with Crippen LogP contribution in [0.3, 0.4) is 0 Å². The van der Waals surface area contributed by atoms with E-state index in [0.29, 0.717) is 24.5 Å². The maximum absolute atomic E-state index is 13.6. The Morgan fingerprint density at radius 3 is 2.25 bits per heavy atom. The Kier molecular flexibility index (Phi) is 10.8. The fourth-order valence-electron chi connectivity index (χ4n) is 3.88. The summed E-state index contributed by atoms with van der Waals surface area (Å²) in [6.07, 6.45) is 2.02. The van der Waals surface area contributed by atoms with E-state index in [-0.39, 0.29) is 30.8 Å². The van der Waals surface area contributed by atoms with Crippen molar-refractivity contribution in [2.75, 3.05) is 6.61 Å². The lowest BCUT2D eigenvalue weighted by Gasteiger charge is -2.32. The first-order valence-electron chi connectivity index (χ1n) is 12.5. The molecule has 0 aliphatic heterocycles. The van der Waals surface area contributed by atoms with Gasteiger partial charge in [0.15, 0.2) is 0 Å². The molecule has 190 valence electrons. The predicted octanol–water partition coefficient (Wildman–Crippen LogP) is 6.05. The minimum atomic E-state index is -0.666. The van der Waals surface area contributed by atoms with E-state index in [2.05, 4.69) is 5.32 Å². The molecule has 36 heavy (non-hydrogen) atoms. The number of hydrogen-bond donors (Lipinski definition) is 1. The smallest absolute Gasteiger partial charge is 0.243 e. The Morgan fingerprint density at radius 1 is 0.944 bits per heavy atom. The van der Waals surface area contributed by atoms with Crippen LogP contribution in [0.15, 0.2) is 84.9 Å². The van der Waals surface area contributed by atoms with Crippen LogP contribution in [0.2, 0.25) is 5.02 Å². The average Bonchev–Trinajstić information content (AvgIpc) is 2.90. The molecule has 3 aromatic carbocycles. The van der Waals surface area contributed by atoms with E-state index >= 15 is 0 Å². The quantitative estimate of drug-likeness (QED) is 0.287. The maximum atomic E-state index is 13.6. The Labute approximate surface area is 219 Å². The van der Waals surface area contributed by atoms with Gasteiger partial charge in [-0.15, -0.1) is 0 Å². The Balaban J connectivity index is 1.81.